The number of hydrogen-bond acceptors (Lipinski definition) is 5. The minimum absolute atomic E-state index is 0.180. The van der Waals surface area contributed by atoms with Crippen molar-refractivity contribution in [2.45, 2.75) is 51.5 Å². The van der Waals surface area contributed by atoms with Gasteiger partial charge in [0.1, 0.15) is 5.75 Å². The summed E-state index contributed by atoms with van der Waals surface area (Å²) in [7, 11) is 1.62. The third-order valence-electron chi connectivity index (χ3n) is 7.44. The number of nitrogens with zero attached hydrogens (tertiary/aromatic N) is 2. The van der Waals surface area contributed by atoms with E-state index in [0.29, 0.717) is 18.0 Å². The first-order valence-corrected chi connectivity index (χ1v) is 13.9. The number of nitrogens with one attached hydrogen (secondary N) is 1. The zero-order valence-corrected chi connectivity index (χ0v) is 23.1. The van der Waals surface area contributed by atoms with Crippen LogP contribution in [-0.2, 0) is 11.3 Å². The summed E-state index contributed by atoms with van der Waals surface area (Å²) in [5.41, 5.74) is 5.58. The smallest absolute Gasteiger partial charge is 0.358 e. The quantitative estimate of drug-likeness (QED) is 0.240. The van der Waals surface area contributed by atoms with E-state index in [2.05, 4.69) is 34.7 Å². The molecule has 206 valence electrons. The Kier molecular flexibility index (Phi) is 8.59. The molecule has 0 radical (unpaired) electrons. The Balaban J connectivity index is 1.37. The maximum atomic E-state index is 12.8. The third-order valence-corrected chi connectivity index (χ3v) is 7.44. The molecule has 0 saturated heterocycles. The minimum atomic E-state index is -0.463. The number of esters is 1. The fourth-order valence-corrected chi connectivity index (χ4v) is 5.27. The molecular formula is C33H35N3O4. The van der Waals surface area contributed by atoms with Crippen molar-refractivity contribution in [3.05, 3.63) is 101 Å². The number of benzene rings is 3. The average molecular weight is 538 g/mol. The van der Waals surface area contributed by atoms with Crippen LogP contribution in [0, 0.1) is 0 Å². The molecule has 0 atom stereocenters. The molecule has 5 rings (SSSR count). The highest BCUT2D eigenvalue weighted by molar-refractivity contribution is 5.94. The van der Waals surface area contributed by atoms with Gasteiger partial charge in [-0.3, -0.25) is 4.79 Å². The van der Waals surface area contributed by atoms with E-state index in [1.54, 1.807) is 36.9 Å². The van der Waals surface area contributed by atoms with Crippen molar-refractivity contribution in [3.63, 3.8) is 0 Å². The van der Waals surface area contributed by atoms with E-state index < -0.39 is 5.97 Å². The van der Waals surface area contributed by atoms with Crippen molar-refractivity contribution in [2.24, 2.45) is 0 Å². The minimum Gasteiger partial charge on any atom is -0.497 e. The van der Waals surface area contributed by atoms with Gasteiger partial charge in [0.2, 0.25) is 0 Å². The van der Waals surface area contributed by atoms with Crippen molar-refractivity contribution in [2.75, 3.05) is 13.7 Å². The van der Waals surface area contributed by atoms with E-state index in [9.17, 15) is 9.59 Å². The Hall–Kier alpha value is -4.39. The lowest BCUT2D eigenvalue weighted by molar-refractivity contribution is 0.0518. The first kappa shape index (κ1) is 27.2. The highest BCUT2D eigenvalue weighted by Crippen LogP contribution is 2.34. The van der Waals surface area contributed by atoms with Gasteiger partial charge >= 0.3 is 5.97 Å². The Morgan fingerprint density at radius 1 is 0.950 bits per heavy atom. The molecule has 1 aliphatic rings. The summed E-state index contributed by atoms with van der Waals surface area (Å²) in [5, 5.41) is 7.53. The second-order valence-corrected chi connectivity index (χ2v) is 10.1. The van der Waals surface area contributed by atoms with Crippen LogP contribution in [0.4, 0.5) is 0 Å². The maximum absolute atomic E-state index is 12.8. The van der Waals surface area contributed by atoms with Gasteiger partial charge in [-0.05, 0) is 79.3 Å². The predicted molar refractivity (Wildman–Crippen MR) is 155 cm³/mol. The third kappa shape index (κ3) is 6.25. The Morgan fingerprint density at radius 2 is 1.70 bits per heavy atom. The highest BCUT2D eigenvalue weighted by Gasteiger charge is 2.20. The number of carbonyl (C=O) groups excluding carboxylic acids is 2. The predicted octanol–water partition coefficient (Wildman–Crippen LogP) is 6.70. The summed E-state index contributed by atoms with van der Waals surface area (Å²) in [6.45, 7) is 2.44. The first-order valence-electron chi connectivity index (χ1n) is 13.9. The van der Waals surface area contributed by atoms with E-state index in [4.69, 9.17) is 9.47 Å². The molecule has 1 saturated carbocycles. The van der Waals surface area contributed by atoms with Crippen molar-refractivity contribution >= 4 is 11.9 Å². The SMILES string of the molecule is CCOC(=O)c1cc(-c2ccc(C3CCCCC3)cc2)n(-c2ccc(C(=O)NCc3cccc(OC)c3)cc2)n1. The van der Waals surface area contributed by atoms with Crippen molar-refractivity contribution in [3.8, 4) is 22.7 Å². The second kappa shape index (κ2) is 12.6. The molecular weight excluding hydrogens is 502 g/mol. The number of rotatable bonds is 9. The molecule has 1 N–H and O–H groups in total. The molecule has 0 bridgehead atoms. The normalized spacial score (nSPS) is 13.6. The van der Waals surface area contributed by atoms with Crippen LogP contribution in [0.3, 0.4) is 0 Å². The van der Waals surface area contributed by atoms with Crippen molar-refractivity contribution < 1.29 is 19.1 Å². The van der Waals surface area contributed by atoms with Gasteiger partial charge in [-0.25, -0.2) is 9.48 Å². The molecule has 7 heteroatoms. The highest BCUT2D eigenvalue weighted by atomic mass is 16.5. The molecule has 1 aromatic heterocycles. The van der Waals surface area contributed by atoms with Gasteiger partial charge in [0.15, 0.2) is 5.69 Å². The van der Waals surface area contributed by atoms with Gasteiger partial charge in [0.05, 0.1) is 25.1 Å². The molecule has 40 heavy (non-hydrogen) atoms. The van der Waals surface area contributed by atoms with E-state index in [1.807, 2.05) is 36.4 Å². The van der Waals surface area contributed by atoms with Crippen LogP contribution in [-0.4, -0.2) is 35.4 Å². The standard InChI is InChI=1S/C33H35N3O4/c1-3-40-33(38)30-21-31(26-14-12-25(13-15-26)24-9-5-4-6-10-24)36(35-30)28-18-16-27(17-19-28)32(37)34-22-23-8-7-11-29(20-23)39-2/h7-8,11-21,24H,3-6,9-10,22H2,1-2H3,(H,34,37). The number of ether oxygens (including phenoxy) is 2. The van der Waals surface area contributed by atoms with Crippen LogP contribution >= 0.6 is 0 Å². The summed E-state index contributed by atoms with van der Waals surface area (Å²) >= 11 is 0. The molecule has 4 aromatic rings. The number of aromatic nitrogens is 2. The monoisotopic (exact) mass is 537 g/mol. The molecule has 1 aliphatic carbocycles. The lowest BCUT2D eigenvalue weighted by atomic mass is 9.84. The molecule has 3 aromatic carbocycles. The summed E-state index contributed by atoms with van der Waals surface area (Å²) in [6.07, 6.45) is 6.38. The van der Waals surface area contributed by atoms with Crippen molar-refractivity contribution in [1.82, 2.24) is 15.1 Å². The molecule has 1 heterocycles. The van der Waals surface area contributed by atoms with Gasteiger partial charge in [-0.2, -0.15) is 5.10 Å². The fourth-order valence-electron chi connectivity index (χ4n) is 5.27. The molecule has 0 aliphatic heterocycles. The van der Waals surface area contributed by atoms with Crippen LogP contribution in [0.5, 0.6) is 5.75 Å². The van der Waals surface area contributed by atoms with Crippen LogP contribution in [0.2, 0.25) is 0 Å². The zero-order valence-electron chi connectivity index (χ0n) is 23.1. The van der Waals surface area contributed by atoms with E-state index in [1.165, 1.54) is 37.7 Å². The van der Waals surface area contributed by atoms with Gasteiger partial charge in [0, 0.05) is 17.7 Å². The number of hydrogen-bond donors (Lipinski definition) is 1. The lowest BCUT2D eigenvalue weighted by Gasteiger charge is -2.22. The Labute approximate surface area is 235 Å². The van der Waals surface area contributed by atoms with Crippen molar-refractivity contribution in [1.29, 1.82) is 0 Å². The fraction of sp³-hybridized carbons (Fsp3) is 0.303. The van der Waals surface area contributed by atoms with Gasteiger partial charge in [-0.1, -0.05) is 55.7 Å². The summed E-state index contributed by atoms with van der Waals surface area (Å²) in [6, 6.07) is 25.2. The van der Waals surface area contributed by atoms with Crippen LogP contribution < -0.4 is 10.1 Å². The number of amides is 1. The Bertz CT molecular complexity index is 1450. The largest absolute Gasteiger partial charge is 0.497 e. The lowest BCUT2D eigenvalue weighted by Crippen LogP contribution is -2.22. The van der Waals surface area contributed by atoms with Crippen LogP contribution in [0.25, 0.3) is 16.9 Å². The topological polar surface area (TPSA) is 82.5 Å². The summed E-state index contributed by atoms with van der Waals surface area (Å²) in [4.78, 5) is 25.4. The summed E-state index contributed by atoms with van der Waals surface area (Å²) < 4.78 is 12.2. The molecule has 1 fully saturated rings. The van der Waals surface area contributed by atoms with Gasteiger partial charge in [-0.15, -0.1) is 0 Å². The molecule has 0 unspecified atom stereocenters. The van der Waals surface area contributed by atoms with Crippen LogP contribution in [0.1, 0.15) is 76.9 Å². The second-order valence-electron chi connectivity index (χ2n) is 10.1. The summed E-state index contributed by atoms with van der Waals surface area (Å²) in [5.74, 6) is 0.720. The number of methoxy groups -OCH3 is 1. The van der Waals surface area contributed by atoms with Gasteiger partial charge < -0.3 is 14.8 Å². The van der Waals surface area contributed by atoms with E-state index in [-0.39, 0.29) is 18.2 Å². The molecule has 0 spiro atoms. The maximum Gasteiger partial charge on any atom is 0.358 e. The molecule has 7 nitrogen and oxygen atoms in total. The van der Waals surface area contributed by atoms with E-state index in [0.717, 1.165) is 28.3 Å². The first-order chi connectivity index (χ1) is 19.6. The Morgan fingerprint density at radius 3 is 2.40 bits per heavy atom. The zero-order chi connectivity index (χ0) is 27.9. The van der Waals surface area contributed by atoms with Gasteiger partial charge in [0.25, 0.3) is 5.91 Å². The van der Waals surface area contributed by atoms with Crippen LogP contribution in [0.15, 0.2) is 78.9 Å². The molecule has 1 amide bonds. The van der Waals surface area contributed by atoms with E-state index >= 15 is 0 Å². The number of carbonyl (C=O) groups is 2. The average Bonchev–Trinajstić information content (AvgIpc) is 3.46.